The number of aliphatic hydroxyl groups excluding tert-OH is 1. The summed E-state index contributed by atoms with van der Waals surface area (Å²) in [7, 11) is 0. The third-order valence-electron chi connectivity index (χ3n) is 3.04. The molecule has 1 atom stereocenters. The van der Waals surface area contributed by atoms with E-state index in [9.17, 15) is 9.90 Å². The number of hydrogen-bond acceptors (Lipinski definition) is 3. The number of carbonyl (C=O) groups excluding carboxylic acids is 1. The molecule has 1 aliphatic heterocycles. The van der Waals surface area contributed by atoms with Crippen molar-refractivity contribution in [3.8, 4) is 0 Å². The van der Waals surface area contributed by atoms with Gasteiger partial charge in [-0.25, -0.2) is 0 Å². The first-order chi connectivity index (χ1) is 7.40. The van der Waals surface area contributed by atoms with Crippen molar-refractivity contribution in [1.29, 1.82) is 0 Å². The third kappa shape index (κ3) is 2.83. The number of aliphatic hydroxyl groups is 1. The average Bonchev–Trinajstić information content (AvgIpc) is 2.25. The maximum Gasteiger partial charge on any atom is 0.246 e. The SMILES string of the molecule is C=CC(=O)N1CCN(C(C)(C)C)[C@@H](CO)C1. The fraction of sp³-hybridized carbons (Fsp3) is 0.750. The minimum absolute atomic E-state index is 0.0245. The summed E-state index contributed by atoms with van der Waals surface area (Å²) in [6.45, 7) is 12.0. The summed E-state index contributed by atoms with van der Waals surface area (Å²) in [4.78, 5) is 15.5. The van der Waals surface area contributed by atoms with E-state index in [1.807, 2.05) is 0 Å². The number of nitrogens with zero attached hydrogens (tertiary/aromatic N) is 2. The van der Waals surface area contributed by atoms with Gasteiger partial charge >= 0.3 is 0 Å². The lowest BCUT2D eigenvalue weighted by atomic mass is 10.0. The second-order valence-electron chi connectivity index (χ2n) is 5.19. The Kier molecular flexibility index (Phi) is 4.10. The van der Waals surface area contributed by atoms with Crippen LogP contribution in [0.5, 0.6) is 0 Å². The summed E-state index contributed by atoms with van der Waals surface area (Å²) in [6, 6.07) is 0.0256. The highest BCUT2D eigenvalue weighted by atomic mass is 16.3. The summed E-state index contributed by atoms with van der Waals surface area (Å²) in [5.41, 5.74) is 0.0245. The topological polar surface area (TPSA) is 43.8 Å². The molecule has 0 aromatic heterocycles. The minimum Gasteiger partial charge on any atom is -0.395 e. The smallest absolute Gasteiger partial charge is 0.246 e. The van der Waals surface area contributed by atoms with Gasteiger partial charge in [0.05, 0.1) is 12.6 Å². The van der Waals surface area contributed by atoms with Crippen molar-refractivity contribution in [2.45, 2.75) is 32.4 Å². The molecule has 0 saturated carbocycles. The zero-order valence-corrected chi connectivity index (χ0v) is 10.4. The van der Waals surface area contributed by atoms with Crippen LogP contribution in [0.3, 0.4) is 0 Å². The van der Waals surface area contributed by atoms with Gasteiger partial charge in [0.2, 0.25) is 5.91 Å². The molecule has 4 heteroatoms. The molecule has 92 valence electrons. The Morgan fingerprint density at radius 2 is 2.12 bits per heavy atom. The lowest BCUT2D eigenvalue weighted by Gasteiger charge is -2.47. The molecule has 1 rings (SSSR count). The largest absolute Gasteiger partial charge is 0.395 e. The molecular weight excluding hydrogens is 204 g/mol. The Morgan fingerprint density at radius 3 is 2.56 bits per heavy atom. The van der Waals surface area contributed by atoms with Gasteiger partial charge in [-0.2, -0.15) is 0 Å². The molecule has 0 bridgehead atoms. The Morgan fingerprint density at radius 1 is 1.50 bits per heavy atom. The number of amides is 1. The van der Waals surface area contributed by atoms with E-state index in [4.69, 9.17) is 0 Å². The molecule has 0 aliphatic carbocycles. The fourth-order valence-corrected chi connectivity index (χ4v) is 2.22. The normalized spacial score (nSPS) is 23.2. The van der Waals surface area contributed by atoms with Crippen LogP contribution >= 0.6 is 0 Å². The van der Waals surface area contributed by atoms with Gasteiger partial charge in [-0.3, -0.25) is 9.69 Å². The van der Waals surface area contributed by atoms with Gasteiger partial charge in [-0.1, -0.05) is 6.58 Å². The first kappa shape index (κ1) is 13.2. The number of rotatable bonds is 2. The second kappa shape index (κ2) is 4.97. The summed E-state index contributed by atoms with van der Waals surface area (Å²) in [5, 5.41) is 9.39. The predicted octanol–water partition coefficient (Wildman–Crippen LogP) is 0.476. The van der Waals surface area contributed by atoms with Crippen LogP contribution in [0.1, 0.15) is 20.8 Å². The third-order valence-corrected chi connectivity index (χ3v) is 3.04. The zero-order chi connectivity index (χ0) is 12.3. The van der Waals surface area contributed by atoms with Crippen molar-refractivity contribution in [3.63, 3.8) is 0 Å². The van der Waals surface area contributed by atoms with E-state index >= 15 is 0 Å². The summed E-state index contributed by atoms with van der Waals surface area (Å²) in [5.74, 6) is -0.0491. The van der Waals surface area contributed by atoms with E-state index in [-0.39, 0.29) is 24.1 Å². The molecule has 0 spiro atoms. The highest BCUT2D eigenvalue weighted by Crippen LogP contribution is 2.20. The van der Waals surface area contributed by atoms with Crippen LogP contribution < -0.4 is 0 Å². The van der Waals surface area contributed by atoms with E-state index < -0.39 is 0 Å². The van der Waals surface area contributed by atoms with Crippen molar-refractivity contribution in [2.24, 2.45) is 0 Å². The van der Waals surface area contributed by atoms with Crippen LogP contribution in [-0.4, -0.2) is 58.6 Å². The lowest BCUT2D eigenvalue weighted by Crippen LogP contribution is -2.61. The van der Waals surface area contributed by atoms with Crippen LogP contribution in [-0.2, 0) is 4.79 Å². The van der Waals surface area contributed by atoms with E-state index in [0.29, 0.717) is 13.1 Å². The molecule has 1 N–H and O–H groups in total. The van der Waals surface area contributed by atoms with Gasteiger partial charge in [0, 0.05) is 25.2 Å². The van der Waals surface area contributed by atoms with Crippen LogP contribution in [0.2, 0.25) is 0 Å². The quantitative estimate of drug-likeness (QED) is 0.696. The van der Waals surface area contributed by atoms with Gasteiger partial charge in [-0.05, 0) is 26.8 Å². The average molecular weight is 226 g/mol. The molecule has 1 heterocycles. The van der Waals surface area contributed by atoms with Crippen molar-refractivity contribution < 1.29 is 9.90 Å². The predicted molar refractivity (Wildman–Crippen MR) is 64.1 cm³/mol. The van der Waals surface area contributed by atoms with E-state index in [2.05, 4.69) is 32.3 Å². The second-order valence-corrected chi connectivity index (χ2v) is 5.19. The molecule has 0 radical (unpaired) electrons. The number of piperazine rings is 1. The lowest BCUT2D eigenvalue weighted by molar-refractivity contribution is -0.131. The molecule has 0 aromatic carbocycles. The van der Waals surface area contributed by atoms with Crippen molar-refractivity contribution in [1.82, 2.24) is 9.80 Å². The minimum atomic E-state index is -0.0491. The van der Waals surface area contributed by atoms with Gasteiger partial charge in [0.15, 0.2) is 0 Å². The van der Waals surface area contributed by atoms with Crippen LogP contribution in [0.4, 0.5) is 0 Å². The van der Waals surface area contributed by atoms with Gasteiger partial charge in [-0.15, -0.1) is 0 Å². The summed E-state index contributed by atoms with van der Waals surface area (Å²) < 4.78 is 0. The maximum absolute atomic E-state index is 11.5. The molecule has 0 unspecified atom stereocenters. The standard InChI is InChI=1S/C12H22N2O2/c1-5-11(16)13-6-7-14(12(2,3)4)10(8-13)9-15/h5,10,15H,1,6-9H2,2-4H3/t10-/m1/s1. The van der Waals surface area contributed by atoms with Crippen molar-refractivity contribution >= 4 is 5.91 Å². The molecule has 1 saturated heterocycles. The molecule has 4 nitrogen and oxygen atoms in total. The molecule has 0 aromatic rings. The Hall–Kier alpha value is -0.870. The molecule has 1 amide bonds. The van der Waals surface area contributed by atoms with Gasteiger partial charge < -0.3 is 10.0 Å². The van der Waals surface area contributed by atoms with Crippen LogP contribution in [0.15, 0.2) is 12.7 Å². The van der Waals surface area contributed by atoms with Crippen LogP contribution in [0, 0.1) is 0 Å². The highest BCUT2D eigenvalue weighted by molar-refractivity contribution is 5.87. The van der Waals surface area contributed by atoms with E-state index in [0.717, 1.165) is 6.54 Å². The monoisotopic (exact) mass is 226 g/mol. The van der Waals surface area contributed by atoms with Crippen molar-refractivity contribution in [2.75, 3.05) is 26.2 Å². The Labute approximate surface area is 97.5 Å². The number of carbonyl (C=O) groups is 1. The first-order valence-electron chi connectivity index (χ1n) is 5.69. The first-order valence-corrected chi connectivity index (χ1v) is 5.69. The maximum atomic E-state index is 11.5. The van der Waals surface area contributed by atoms with Crippen molar-refractivity contribution in [3.05, 3.63) is 12.7 Å². The molecule has 16 heavy (non-hydrogen) atoms. The van der Waals surface area contributed by atoms with E-state index in [1.165, 1.54) is 6.08 Å². The van der Waals surface area contributed by atoms with Gasteiger partial charge in [0.1, 0.15) is 0 Å². The Bertz CT molecular complexity index is 271. The summed E-state index contributed by atoms with van der Waals surface area (Å²) >= 11 is 0. The zero-order valence-electron chi connectivity index (χ0n) is 10.4. The van der Waals surface area contributed by atoms with E-state index in [1.54, 1.807) is 4.90 Å². The van der Waals surface area contributed by atoms with Crippen LogP contribution in [0.25, 0.3) is 0 Å². The molecular formula is C12H22N2O2. The highest BCUT2D eigenvalue weighted by Gasteiger charge is 2.34. The fourth-order valence-electron chi connectivity index (χ4n) is 2.22. The molecule has 1 fully saturated rings. The Balaban J connectivity index is 2.71. The number of hydrogen-bond donors (Lipinski definition) is 1. The van der Waals surface area contributed by atoms with Gasteiger partial charge in [0.25, 0.3) is 0 Å². The molecule has 1 aliphatic rings. The summed E-state index contributed by atoms with van der Waals surface area (Å²) in [6.07, 6.45) is 1.33.